The molecule has 0 spiro atoms. The Labute approximate surface area is 70.6 Å². The van der Waals surface area contributed by atoms with Gasteiger partial charge in [0.15, 0.2) is 0 Å². The normalized spacial score (nSPS) is 9.75. The van der Waals surface area contributed by atoms with E-state index in [-0.39, 0.29) is 0 Å². The van der Waals surface area contributed by atoms with Crippen LogP contribution in [-0.2, 0) is 6.42 Å². The van der Waals surface area contributed by atoms with Crippen molar-refractivity contribution < 1.29 is 4.79 Å². The number of aromatic nitrogens is 1. The number of carbonyl (C=O) groups excluding carboxylic acids is 1. The van der Waals surface area contributed by atoms with E-state index >= 15 is 0 Å². The monoisotopic (exact) mass is 165 g/mol. The molecule has 0 fully saturated rings. The lowest BCUT2D eigenvalue weighted by Crippen LogP contribution is -2.17. The van der Waals surface area contributed by atoms with E-state index in [1.54, 1.807) is 18.3 Å². The van der Waals surface area contributed by atoms with Gasteiger partial charge in [0.25, 0.3) is 5.91 Å². The highest BCUT2D eigenvalue weighted by molar-refractivity contribution is 5.92. The average molecular weight is 165 g/mol. The molecule has 0 aliphatic rings. The first-order valence-electron chi connectivity index (χ1n) is 3.69. The van der Waals surface area contributed by atoms with Crippen LogP contribution in [0.1, 0.15) is 16.1 Å². The highest BCUT2D eigenvalue weighted by Gasteiger charge is 2.06. The second kappa shape index (κ2) is 3.82. The molecule has 0 unspecified atom stereocenters. The summed E-state index contributed by atoms with van der Waals surface area (Å²) in [6.45, 7) is 0.492. The highest BCUT2D eigenvalue weighted by atomic mass is 16.1. The van der Waals surface area contributed by atoms with Crippen LogP contribution in [0.2, 0.25) is 0 Å². The van der Waals surface area contributed by atoms with Crippen LogP contribution in [0, 0.1) is 0 Å². The fourth-order valence-corrected chi connectivity index (χ4v) is 1.02. The van der Waals surface area contributed by atoms with Crippen molar-refractivity contribution in [3.63, 3.8) is 0 Å². The third kappa shape index (κ3) is 1.79. The summed E-state index contributed by atoms with van der Waals surface area (Å²) in [4.78, 5) is 14.7. The van der Waals surface area contributed by atoms with Gasteiger partial charge in [0.2, 0.25) is 0 Å². The maximum atomic E-state index is 10.8. The summed E-state index contributed by atoms with van der Waals surface area (Å²) in [5.41, 5.74) is 11.6. The summed E-state index contributed by atoms with van der Waals surface area (Å²) in [6, 6.07) is 3.57. The molecule has 1 aromatic heterocycles. The lowest BCUT2D eigenvalue weighted by atomic mass is 10.1. The Morgan fingerprint density at radius 2 is 2.33 bits per heavy atom. The predicted molar refractivity (Wildman–Crippen MR) is 45.5 cm³/mol. The molecule has 0 aliphatic heterocycles. The molecule has 0 atom stereocenters. The highest BCUT2D eigenvalue weighted by Crippen LogP contribution is 2.04. The first-order chi connectivity index (χ1) is 5.75. The van der Waals surface area contributed by atoms with Crippen molar-refractivity contribution in [2.24, 2.45) is 11.5 Å². The Morgan fingerprint density at radius 3 is 2.92 bits per heavy atom. The van der Waals surface area contributed by atoms with Gasteiger partial charge in [-0.2, -0.15) is 0 Å². The van der Waals surface area contributed by atoms with Crippen LogP contribution in [0.4, 0.5) is 0 Å². The smallest absolute Gasteiger partial charge is 0.267 e. The van der Waals surface area contributed by atoms with Gasteiger partial charge in [-0.1, -0.05) is 6.07 Å². The van der Waals surface area contributed by atoms with Crippen LogP contribution in [0.15, 0.2) is 18.3 Å². The van der Waals surface area contributed by atoms with Gasteiger partial charge in [-0.25, -0.2) is 0 Å². The molecular formula is C8H11N3O. The van der Waals surface area contributed by atoms with Gasteiger partial charge < -0.3 is 11.5 Å². The first kappa shape index (κ1) is 8.67. The van der Waals surface area contributed by atoms with Gasteiger partial charge in [-0.15, -0.1) is 0 Å². The van der Waals surface area contributed by atoms with Gasteiger partial charge in [0.05, 0.1) is 0 Å². The molecule has 4 N–H and O–H groups in total. The van der Waals surface area contributed by atoms with Gasteiger partial charge in [-0.05, 0) is 24.6 Å². The number of primary amides is 1. The fraction of sp³-hybridized carbons (Fsp3) is 0.250. The van der Waals surface area contributed by atoms with Crippen molar-refractivity contribution in [2.75, 3.05) is 6.54 Å². The standard InChI is InChI=1S/C8H11N3O/c9-4-3-6-2-1-5-11-7(6)8(10)12/h1-2,5H,3-4,9H2,(H2,10,12). The minimum Gasteiger partial charge on any atom is -0.364 e. The Kier molecular flexibility index (Phi) is 2.76. The van der Waals surface area contributed by atoms with E-state index in [2.05, 4.69) is 4.98 Å². The molecule has 1 amide bonds. The number of hydrogen-bond donors (Lipinski definition) is 2. The van der Waals surface area contributed by atoms with Crippen molar-refractivity contribution in [1.29, 1.82) is 0 Å². The minimum atomic E-state index is -0.501. The Morgan fingerprint density at radius 1 is 1.58 bits per heavy atom. The van der Waals surface area contributed by atoms with E-state index in [4.69, 9.17) is 11.5 Å². The predicted octanol–water partition coefficient (Wildman–Crippen LogP) is -0.318. The zero-order valence-electron chi connectivity index (χ0n) is 6.66. The third-order valence-corrected chi connectivity index (χ3v) is 1.54. The molecule has 64 valence electrons. The summed E-state index contributed by atoms with van der Waals surface area (Å²) in [5.74, 6) is -0.501. The molecule has 12 heavy (non-hydrogen) atoms. The van der Waals surface area contributed by atoms with Gasteiger partial charge in [-0.3, -0.25) is 9.78 Å². The molecule has 0 saturated carbocycles. The second-order valence-electron chi connectivity index (χ2n) is 2.41. The largest absolute Gasteiger partial charge is 0.364 e. The molecule has 4 nitrogen and oxygen atoms in total. The topological polar surface area (TPSA) is 82.0 Å². The Hall–Kier alpha value is -1.42. The fourth-order valence-electron chi connectivity index (χ4n) is 1.02. The third-order valence-electron chi connectivity index (χ3n) is 1.54. The van der Waals surface area contributed by atoms with E-state index in [1.807, 2.05) is 0 Å². The summed E-state index contributed by atoms with van der Waals surface area (Å²) in [5, 5.41) is 0. The number of nitrogens with two attached hydrogens (primary N) is 2. The van der Waals surface area contributed by atoms with E-state index in [0.717, 1.165) is 5.56 Å². The van der Waals surface area contributed by atoms with Gasteiger partial charge >= 0.3 is 0 Å². The van der Waals surface area contributed by atoms with Crippen LogP contribution in [0.25, 0.3) is 0 Å². The quantitative estimate of drug-likeness (QED) is 0.644. The molecule has 0 saturated heterocycles. The van der Waals surface area contributed by atoms with E-state index in [9.17, 15) is 4.79 Å². The number of amides is 1. The number of hydrogen-bond acceptors (Lipinski definition) is 3. The van der Waals surface area contributed by atoms with E-state index < -0.39 is 5.91 Å². The Balaban J connectivity index is 3.00. The van der Waals surface area contributed by atoms with E-state index in [0.29, 0.717) is 18.7 Å². The van der Waals surface area contributed by atoms with E-state index in [1.165, 1.54) is 0 Å². The van der Waals surface area contributed by atoms with Crippen LogP contribution >= 0.6 is 0 Å². The number of rotatable bonds is 3. The molecule has 1 rings (SSSR count). The molecule has 4 heteroatoms. The molecule has 0 bridgehead atoms. The van der Waals surface area contributed by atoms with Crippen molar-refractivity contribution in [2.45, 2.75) is 6.42 Å². The lowest BCUT2D eigenvalue weighted by molar-refractivity contribution is 0.0994. The lowest BCUT2D eigenvalue weighted by Gasteiger charge is -2.02. The van der Waals surface area contributed by atoms with Crippen LogP contribution < -0.4 is 11.5 Å². The van der Waals surface area contributed by atoms with Gasteiger partial charge in [0, 0.05) is 6.20 Å². The second-order valence-corrected chi connectivity index (χ2v) is 2.41. The maximum absolute atomic E-state index is 10.8. The van der Waals surface area contributed by atoms with Crippen LogP contribution in [-0.4, -0.2) is 17.4 Å². The summed E-state index contributed by atoms with van der Waals surface area (Å²) >= 11 is 0. The molecule has 1 heterocycles. The number of nitrogens with zero attached hydrogens (tertiary/aromatic N) is 1. The maximum Gasteiger partial charge on any atom is 0.267 e. The zero-order valence-corrected chi connectivity index (χ0v) is 6.66. The van der Waals surface area contributed by atoms with Crippen LogP contribution in [0.3, 0.4) is 0 Å². The molecular weight excluding hydrogens is 154 g/mol. The van der Waals surface area contributed by atoms with Crippen molar-refractivity contribution in [3.8, 4) is 0 Å². The van der Waals surface area contributed by atoms with Crippen molar-refractivity contribution in [1.82, 2.24) is 4.98 Å². The number of pyridine rings is 1. The summed E-state index contributed by atoms with van der Waals surface area (Å²) in [6.07, 6.45) is 2.17. The van der Waals surface area contributed by atoms with Crippen molar-refractivity contribution in [3.05, 3.63) is 29.6 Å². The molecule has 0 aromatic carbocycles. The zero-order chi connectivity index (χ0) is 8.97. The minimum absolute atomic E-state index is 0.322. The number of carbonyl (C=O) groups is 1. The van der Waals surface area contributed by atoms with Crippen molar-refractivity contribution >= 4 is 5.91 Å². The SMILES string of the molecule is NCCc1cccnc1C(N)=O. The first-order valence-corrected chi connectivity index (χ1v) is 3.69. The molecule has 1 aromatic rings. The summed E-state index contributed by atoms with van der Waals surface area (Å²) in [7, 11) is 0. The molecule has 0 aliphatic carbocycles. The molecule has 0 radical (unpaired) electrons. The van der Waals surface area contributed by atoms with Crippen LogP contribution in [0.5, 0.6) is 0 Å². The average Bonchev–Trinajstić information content (AvgIpc) is 2.05. The summed E-state index contributed by atoms with van der Waals surface area (Å²) < 4.78 is 0. The Bertz CT molecular complexity index is 285. The van der Waals surface area contributed by atoms with Gasteiger partial charge in [0.1, 0.15) is 5.69 Å².